The Morgan fingerprint density at radius 2 is 2.17 bits per heavy atom. The van der Waals surface area contributed by atoms with Gasteiger partial charge in [-0.1, -0.05) is 20.8 Å². The summed E-state index contributed by atoms with van der Waals surface area (Å²) in [5.74, 6) is -0.787. The van der Waals surface area contributed by atoms with Crippen molar-refractivity contribution in [2.24, 2.45) is 17.6 Å². The molecule has 0 aromatic heterocycles. The van der Waals surface area contributed by atoms with E-state index in [1.54, 1.807) is 0 Å². The van der Waals surface area contributed by atoms with Crippen LogP contribution < -0.4 is 11.1 Å². The second-order valence-electron chi connectivity index (χ2n) is 5.25. The molecule has 2 amide bonds. The van der Waals surface area contributed by atoms with Crippen LogP contribution in [0, 0.1) is 11.8 Å². The highest BCUT2D eigenvalue weighted by atomic mass is 16.5. The lowest BCUT2D eigenvalue weighted by atomic mass is 9.82. The number of nitrogens with one attached hydrogen (secondary N) is 1. The minimum atomic E-state index is -0.950. The molecule has 0 aromatic carbocycles. The molecule has 0 bridgehead atoms. The fraction of sp³-hybridized carbons (Fsp3) is 0.846. The number of rotatable bonds is 5. The van der Waals surface area contributed by atoms with Gasteiger partial charge in [0.2, 0.25) is 11.8 Å². The van der Waals surface area contributed by atoms with Crippen LogP contribution in [-0.2, 0) is 14.3 Å². The molecule has 1 saturated heterocycles. The van der Waals surface area contributed by atoms with Crippen LogP contribution in [0.3, 0.4) is 0 Å². The predicted octanol–water partition coefficient (Wildman–Crippen LogP) is 0.819. The zero-order valence-electron chi connectivity index (χ0n) is 11.5. The van der Waals surface area contributed by atoms with E-state index in [2.05, 4.69) is 5.32 Å². The average Bonchev–Trinajstić information content (AvgIpc) is 2.36. The van der Waals surface area contributed by atoms with Gasteiger partial charge in [-0.25, -0.2) is 0 Å². The third-order valence-electron chi connectivity index (χ3n) is 3.86. The molecule has 1 fully saturated rings. The Morgan fingerprint density at radius 3 is 2.56 bits per heavy atom. The number of amides is 2. The third kappa shape index (κ3) is 3.02. The monoisotopic (exact) mass is 256 g/mol. The van der Waals surface area contributed by atoms with Crippen LogP contribution in [0.2, 0.25) is 0 Å². The summed E-state index contributed by atoms with van der Waals surface area (Å²) in [5.41, 5.74) is 4.53. The first-order valence-electron chi connectivity index (χ1n) is 6.63. The van der Waals surface area contributed by atoms with Crippen LogP contribution in [0.1, 0.15) is 40.0 Å². The highest BCUT2D eigenvalue weighted by molar-refractivity contribution is 5.91. The Kier molecular flexibility index (Phi) is 5.14. The third-order valence-corrected chi connectivity index (χ3v) is 3.86. The molecule has 0 radical (unpaired) electrons. The second-order valence-corrected chi connectivity index (χ2v) is 5.25. The van der Waals surface area contributed by atoms with E-state index in [0.717, 1.165) is 12.8 Å². The van der Waals surface area contributed by atoms with Gasteiger partial charge in [-0.2, -0.15) is 0 Å². The maximum atomic E-state index is 12.2. The van der Waals surface area contributed by atoms with E-state index >= 15 is 0 Å². The molecule has 5 nitrogen and oxygen atoms in total. The van der Waals surface area contributed by atoms with E-state index in [1.807, 2.05) is 20.8 Å². The normalized spacial score (nSPS) is 23.4. The molecule has 104 valence electrons. The highest BCUT2D eigenvalue weighted by Gasteiger charge is 2.41. The molecule has 1 aliphatic rings. The summed E-state index contributed by atoms with van der Waals surface area (Å²) in [6.07, 6.45) is 2.19. The van der Waals surface area contributed by atoms with E-state index < -0.39 is 11.4 Å². The number of hydrogen-bond donors (Lipinski definition) is 2. The first-order valence-corrected chi connectivity index (χ1v) is 6.63. The zero-order valence-corrected chi connectivity index (χ0v) is 11.5. The van der Waals surface area contributed by atoms with Crippen molar-refractivity contribution in [2.75, 3.05) is 13.2 Å². The van der Waals surface area contributed by atoms with Crippen molar-refractivity contribution in [1.82, 2.24) is 5.32 Å². The topological polar surface area (TPSA) is 81.4 Å². The summed E-state index contributed by atoms with van der Waals surface area (Å²) >= 11 is 0. The van der Waals surface area contributed by atoms with Gasteiger partial charge in [-0.3, -0.25) is 9.59 Å². The summed E-state index contributed by atoms with van der Waals surface area (Å²) < 4.78 is 5.30. The van der Waals surface area contributed by atoms with Crippen LogP contribution in [-0.4, -0.2) is 30.6 Å². The molecular formula is C13H24N2O3. The molecule has 5 heteroatoms. The predicted molar refractivity (Wildman–Crippen MR) is 68.7 cm³/mol. The first kappa shape index (κ1) is 15.0. The molecular weight excluding hydrogens is 232 g/mol. The largest absolute Gasteiger partial charge is 0.381 e. The van der Waals surface area contributed by atoms with Crippen molar-refractivity contribution in [3.05, 3.63) is 0 Å². The number of carbonyl (C=O) groups excluding carboxylic acids is 2. The molecule has 1 heterocycles. The minimum absolute atomic E-state index is 0.0338. The van der Waals surface area contributed by atoms with Gasteiger partial charge in [0.05, 0.1) is 12.5 Å². The van der Waals surface area contributed by atoms with Crippen molar-refractivity contribution < 1.29 is 14.3 Å². The summed E-state index contributed by atoms with van der Waals surface area (Å²) in [4.78, 5) is 23.9. The number of nitrogens with two attached hydrogens (primary N) is 1. The Hall–Kier alpha value is -1.10. The van der Waals surface area contributed by atoms with Crippen LogP contribution >= 0.6 is 0 Å². The lowest BCUT2D eigenvalue weighted by Gasteiger charge is -2.36. The number of primary amides is 1. The quantitative estimate of drug-likeness (QED) is 0.764. The van der Waals surface area contributed by atoms with Crippen molar-refractivity contribution in [3.63, 3.8) is 0 Å². The Bertz CT molecular complexity index is 311. The molecule has 3 N–H and O–H groups in total. The van der Waals surface area contributed by atoms with Crippen molar-refractivity contribution in [2.45, 2.75) is 45.6 Å². The van der Waals surface area contributed by atoms with Gasteiger partial charge in [0.25, 0.3) is 0 Å². The van der Waals surface area contributed by atoms with Gasteiger partial charge >= 0.3 is 0 Å². The van der Waals surface area contributed by atoms with Crippen LogP contribution in [0.4, 0.5) is 0 Å². The summed E-state index contributed by atoms with van der Waals surface area (Å²) in [5, 5.41) is 2.86. The fourth-order valence-electron chi connectivity index (χ4n) is 2.43. The second kappa shape index (κ2) is 6.18. The molecule has 0 aliphatic carbocycles. The molecule has 0 unspecified atom stereocenters. The molecule has 2 atom stereocenters. The van der Waals surface area contributed by atoms with Crippen molar-refractivity contribution in [1.29, 1.82) is 0 Å². The number of hydrogen-bond acceptors (Lipinski definition) is 3. The average molecular weight is 256 g/mol. The van der Waals surface area contributed by atoms with Crippen molar-refractivity contribution in [3.8, 4) is 0 Å². The summed E-state index contributed by atoms with van der Waals surface area (Å²) in [6.45, 7) is 6.80. The Morgan fingerprint density at radius 1 is 1.50 bits per heavy atom. The van der Waals surface area contributed by atoms with Crippen LogP contribution in [0.5, 0.6) is 0 Å². The number of ether oxygens (including phenoxy) is 1. The Labute approximate surface area is 108 Å². The van der Waals surface area contributed by atoms with E-state index in [0.29, 0.717) is 19.6 Å². The summed E-state index contributed by atoms with van der Waals surface area (Å²) in [7, 11) is 0. The Balaban J connectivity index is 2.76. The number of carbonyl (C=O) groups is 2. The van der Waals surface area contributed by atoms with Gasteiger partial charge < -0.3 is 15.8 Å². The zero-order chi connectivity index (χ0) is 13.8. The lowest BCUT2D eigenvalue weighted by molar-refractivity contribution is -0.138. The molecule has 1 aliphatic heterocycles. The van der Waals surface area contributed by atoms with Crippen LogP contribution in [0.25, 0.3) is 0 Å². The fourth-order valence-corrected chi connectivity index (χ4v) is 2.43. The minimum Gasteiger partial charge on any atom is -0.381 e. The lowest BCUT2D eigenvalue weighted by Crippen LogP contribution is -2.61. The van der Waals surface area contributed by atoms with E-state index in [4.69, 9.17) is 10.5 Å². The molecule has 0 aromatic rings. The van der Waals surface area contributed by atoms with Crippen LogP contribution in [0.15, 0.2) is 0 Å². The van der Waals surface area contributed by atoms with Gasteiger partial charge in [0.15, 0.2) is 0 Å². The van der Waals surface area contributed by atoms with Gasteiger partial charge in [0.1, 0.15) is 5.54 Å². The first-order chi connectivity index (χ1) is 8.44. The highest BCUT2D eigenvalue weighted by Crippen LogP contribution is 2.23. The SMILES string of the molecule is CC[C@@](NC(=O)[C@H]1CCCOC1)(C(N)=O)C(C)C. The molecule has 0 saturated carbocycles. The smallest absolute Gasteiger partial charge is 0.243 e. The van der Waals surface area contributed by atoms with Gasteiger partial charge in [0, 0.05) is 6.61 Å². The van der Waals surface area contributed by atoms with Crippen molar-refractivity contribution >= 4 is 11.8 Å². The van der Waals surface area contributed by atoms with Gasteiger partial charge in [-0.05, 0) is 25.2 Å². The maximum absolute atomic E-state index is 12.2. The van der Waals surface area contributed by atoms with E-state index in [9.17, 15) is 9.59 Å². The van der Waals surface area contributed by atoms with E-state index in [1.165, 1.54) is 0 Å². The standard InChI is InChI=1S/C13H24N2O3/c1-4-13(9(2)3,12(14)17)15-11(16)10-6-5-7-18-8-10/h9-10H,4-8H2,1-3H3,(H2,14,17)(H,15,16)/t10-,13-/m0/s1. The molecule has 0 spiro atoms. The molecule has 18 heavy (non-hydrogen) atoms. The molecule has 1 rings (SSSR count). The van der Waals surface area contributed by atoms with E-state index in [-0.39, 0.29) is 17.7 Å². The van der Waals surface area contributed by atoms with Gasteiger partial charge in [-0.15, -0.1) is 0 Å². The maximum Gasteiger partial charge on any atom is 0.243 e. The summed E-state index contributed by atoms with van der Waals surface area (Å²) in [6, 6.07) is 0.